The van der Waals surface area contributed by atoms with Crippen molar-refractivity contribution < 1.29 is 13.9 Å². The molecule has 0 radical (unpaired) electrons. The minimum Gasteiger partial charge on any atom is -0.384 e. The third kappa shape index (κ3) is 1.21. The third-order valence-corrected chi connectivity index (χ3v) is 1.85. The summed E-state index contributed by atoms with van der Waals surface area (Å²) in [7, 11) is 0. The van der Waals surface area contributed by atoms with Crippen LogP contribution in [-0.2, 0) is 0 Å². The largest absolute Gasteiger partial charge is 0.384 e. The van der Waals surface area contributed by atoms with Gasteiger partial charge in [-0.2, -0.15) is 0 Å². The van der Waals surface area contributed by atoms with Gasteiger partial charge in [-0.1, -0.05) is 0 Å². The summed E-state index contributed by atoms with van der Waals surface area (Å²) in [6.07, 6.45) is -1.10. The lowest BCUT2D eigenvalue weighted by atomic mass is 10.0. The fourth-order valence-electron chi connectivity index (χ4n) is 0.846. The van der Waals surface area contributed by atoms with Gasteiger partial charge in [0.2, 0.25) is 0 Å². The van der Waals surface area contributed by atoms with Crippen LogP contribution in [0, 0.1) is 5.92 Å². The molecule has 1 aliphatic carbocycles. The molecule has 0 bridgehead atoms. The lowest BCUT2D eigenvalue weighted by Crippen LogP contribution is -2.35. The smallest absolute Gasteiger partial charge is 0.266 e. The van der Waals surface area contributed by atoms with Gasteiger partial charge < -0.3 is 5.11 Å². The molecule has 3 heteroatoms. The van der Waals surface area contributed by atoms with Gasteiger partial charge in [-0.3, -0.25) is 0 Å². The van der Waals surface area contributed by atoms with Crippen molar-refractivity contribution in [1.29, 1.82) is 0 Å². The average Bonchev–Trinajstić information content (AvgIpc) is 2.42. The van der Waals surface area contributed by atoms with E-state index in [9.17, 15) is 8.78 Å². The van der Waals surface area contributed by atoms with Crippen LogP contribution in [0.3, 0.4) is 0 Å². The molecule has 9 heavy (non-hydrogen) atoms. The van der Waals surface area contributed by atoms with Gasteiger partial charge in [0.05, 0.1) is 0 Å². The Morgan fingerprint density at radius 3 is 2.11 bits per heavy atom. The van der Waals surface area contributed by atoms with Crippen molar-refractivity contribution in [2.24, 2.45) is 5.92 Å². The van der Waals surface area contributed by atoms with Gasteiger partial charge in [0.25, 0.3) is 6.43 Å². The number of rotatable bonds is 2. The summed E-state index contributed by atoms with van der Waals surface area (Å²) in [6.45, 7) is 1.20. The van der Waals surface area contributed by atoms with E-state index < -0.39 is 12.0 Å². The van der Waals surface area contributed by atoms with Crippen molar-refractivity contribution in [3.63, 3.8) is 0 Å². The quantitative estimate of drug-likeness (QED) is 0.608. The second kappa shape index (κ2) is 1.90. The SMILES string of the molecule is CC(O)(C(F)F)C1CC1. The summed E-state index contributed by atoms with van der Waals surface area (Å²) < 4.78 is 23.7. The van der Waals surface area contributed by atoms with E-state index in [1.807, 2.05) is 0 Å². The van der Waals surface area contributed by atoms with Crippen LogP contribution in [0.15, 0.2) is 0 Å². The zero-order valence-corrected chi connectivity index (χ0v) is 5.27. The van der Waals surface area contributed by atoms with E-state index in [0.29, 0.717) is 0 Å². The van der Waals surface area contributed by atoms with Crippen LogP contribution >= 0.6 is 0 Å². The molecule has 0 spiro atoms. The van der Waals surface area contributed by atoms with E-state index >= 15 is 0 Å². The third-order valence-electron chi connectivity index (χ3n) is 1.85. The molecule has 0 amide bonds. The van der Waals surface area contributed by atoms with Crippen LogP contribution < -0.4 is 0 Å². The van der Waals surface area contributed by atoms with Gasteiger partial charge in [0.1, 0.15) is 5.60 Å². The van der Waals surface area contributed by atoms with Gasteiger partial charge in [0, 0.05) is 0 Å². The zero-order chi connectivity index (χ0) is 7.07. The topological polar surface area (TPSA) is 20.2 Å². The molecular weight excluding hydrogens is 126 g/mol. The highest BCUT2D eigenvalue weighted by atomic mass is 19.3. The van der Waals surface area contributed by atoms with Gasteiger partial charge in [0.15, 0.2) is 0 Å². The molecule has 0 saturated heterocycles. The van der Waals surface area contributed by atoms with Crippen LogP contribution in [0.2, 0.25) is 0 Å². The molecule has 0 aromatic carbocycles. The summed E-state index contributed by atoms with van der Waals surface area (Å²) in [5.74, 6) is -0.155. The van der Waals surface area contributed by atoms with Crippen molar-refractivity contribution >= 4 is 0 Å². The lowest BCUT2D eigenvalue weighted by Gasteiger charge is -2.20. The van der Waals surface area contributed by atoms with Gasteiger partial charge in [-0.15, -0.1) is 0 Å². The predicted molar refractivity (Wildman–Crippen MR) is 29.4 cm³/mol. The molecule has 1 N–H and O–H groups in total. The summed E-state index contributed by atoms with van der Waals surface area (Å²) in [4.78, 5) is 0. The Balaban J connectivity index is 2.48. The highest BCUT2D eigenvalue weighted by Crippen LogP contribution is 2.42. The minimum atomic E-state index is -2.59. The first-order valence-electron chi connectivity index (χ1n) is 3.05. The van der Waals surface area contributed by atoms with E-state index in [1.54, 1.807) is 0 Å². The Bertz CT molecular complexity index is 104. The van der Waals surface area contributed by atoms with E-state index in [4.69, 9.17) is 5.11 Å². The van der Waals surface area contributed by atoms with Gasteiger partial charge in [-0.25, -0.2) is 8.78 Å². The second-order valence-corrected chi connectivity index (χ2v) is 2.80. The number of hydrogen-bond acceptors (Lipinski definition) is 1. The standard InChI is InChI=1S/C6H10F2O/c1-6(9,5(7)8)4-2-3-4/h4-5,9H,2-3H2,1H3. The minimum absolute atomic E-state index is 0.155. The van der Waals surface area contributed by atoms with E-state index in [2.05, 4.69) is 0 Å². The van der Waals surface area contributed by atoms with E-state index in [0.717, 1.165) is 12.8 Å². The Morgan fingerprint density at radius 2 is 2.00 bits per heavy atom. The molecule has 1 aliphatic rings. The number of halogens is 2. The highest BCUT2D eigenvalue weighted by molar-refractivity contribution is 4.92. The van der Waals surface area contributed by atoms with Crippen molar-refractivity contribution in [3.05, 3.63) is 0 Å². The first-order valence-corrected chi connectivity index (χ1v) is 3.05. The zero-order valence-electron chi connectivity index (χ0n) is 5.27. The molecule has 1 rings (SSSR count). The van der Waals surface area contributed by atoms with Crippen LogP contribution in [0.5, 0.6) is 0 Å². The van der Waals surface area contributed by atoms with Crippen molar-refractivity contribution in [3.8, 4) is 0 Å². The molecule has 0 aromatic heterocycles. The van der Waals surface area contributed by atoms with E-state index in [1.165, 1.54) is 6.92 Å². The number of aliphatic hydroxyl groups is 1. The summed E-state index contributed by atoms with van der Waals surface area (Å²) >= 11 is 0. The molecule has 1 fully saturated rings. The molecule has 1 saturated carbocycles. The van der Waals surface area contributed by atoms with Gasteiger partial charge >= 0.3 is 0 Å². The number of alkyl halides is 2. The Hall–Kier alpha value is -0.180. The number of hydrogen-bond donors (Lipinski definition) is 1. The molecule has 0 aliphatic heterocycles. The first kappa shape index (κ1) is 6.93. The normalized spacial score (nSPS) is 26.3. The van der Waals surface area contributed by atoms with Crippen molar-refractivity contribution in [2.75, 3.05) is 0 Å². The maximum absolute atomic E-state index is 11.9. The van der Waals surface area contributed by atoms with Crippen LogP contribution in [-0.4, -0.2) is 17.1 Å². The monoisotopic (exact) mass is 136 g/mol. The fourth-order valence-corrected chi connectivity index (χ4v) is 0.846. The molecular formula is C6H10F2O. The molecule has 1 nitrogen and oxygen atoms in total. The molecule has 1 atom stereocenters. The maximum atomic E-state index is 11.9. The summed E-state index contributed by atoms with van der Waals surface area (Å²) in [5, 5.41) is 8.98. The van der Waals surface area contributed by atoms with Crippen molar-refractivity contribution in [1.82, 2.24) is 0 Å². The Morgan fingerprint density at radius 1 is 1.56 bits per heavy atom. The second-order valence-electron chi connectivity index (χ2n) is 2.80. The average molecular weight is 136 g/mol. The molecule has 0 aromatic rings. The summed E-state index contributed by atoms with van der Waals surface area (Å²) in [6, 6.07) is 0. The van der Waals surface area contributed by atoms with E-state index in [-0.39, 0.29) is 5.92 Å². The van der Waals surface area contributed by atoms with Gasteiger partial charge in [-0.05, 0) is 25.7 Å². The van der Waals surface area contributed by atoms with Crippen LogP contribution in [0.25, 0.3) is 0 Å². The Labute approximate surface area is 52.7 Å². The summed E-state index contributed by atoms with van der Waals surface area (Å²) in [5.41, 5.74) is -1.72. The first-order chi connectivity index (χ1) is 4.05. The Kier molecular flexibility index (Phi) is 1.47. The molecule has 0 heterocycles. The molecule has 1 unspecified atom stereocenters. The van der Waals surface area contributed by atoms with Crippen LogP contribution in [0.4, 0.5) is 8.78 Å². The van der Waals surface area contributed by atoms with Crippen LogP contribution in [0.1, 0.15) is 19.8 Å². The maximum Gasteiger partial charge on any atom is 0.266 e. The lowest BCUT2D eigenvalue weighted by molar-refractivity contribution is -0.0972. The predicted octanol–water partition coefficient (Wildman–Crippen LogP) is 1.41. The highest BCUT2D eigenvalue weighted by Gasteiger charge is 2.46. The van der Waals surface area contributed by atoms with Crippen molar-refractivity contribution in [2.45, 2.75) is 31.8 Å². The fraction of sp³-hybridized carbons (Fsp3) is 1.00. The molecule has 54 valence electrons.